The van der Waals surface area contributed by atoms with E-state index in [1.54, 1.807) is 18.2 Å². The number of fused-ring (bicyclic) bond motifs is 1. The predicted molar refractivity (Wildman–Crippen MR) is 87.0 cm³/mol. The molecular formula is C15H15N3O5S. The van der Waals surface area contributed by atoms with E-state index in [9.17, 15) is 18.5 Å². The van der Waals surface area contributed by atoms with E-state index >= 15 is 0 Å². The molecule has 0 bridgehead atoms. The van der Waals surface area contributed by atoms with Gasteiger partial charge in [0.05, 0.1) is 9.82 Å². The van der Waals surface area contributed by atoms with Crippen LogP contribution in [0.5, 0.6) is 5.75 Å². The van der Waals surface area contributed by atoms with Crippen molar-refractivity contribution in [3.8, 4) is 5.75 Å². The minimum Gasteiger partial charge on any atom is -0.492 e. The number of rotatable bonds is 3. The molecule has 0 radical (unpaired) electrons. The van der Waals surface area contributed by atoms with Crippen molar-refractivity contribution in [2.45, 2.75) is 11.4 Å². The topological polar surface area (TPSA) is 116 Å². The van der Waals surface area contributed by atoms with Crippen LogP contribution in [0.2, 0.25) is 0 Å². The number of anilines is 1. The van der Waals surface area contributed by atoms with Gasteiger partial charge in [-0.2, -0.15) is 4.31 Å². The standard InChI is InChI=1S/C15H15N3O5S/c16-12-1-6-15-11(9-12)10-17(7-8-23-15)24(21,22)14-4-2-13(3-5-14)18(19)20/h1-6,9H,7-8,10,16H2. The van der Waals surface area contributed by atoms with E-state index in [0.29, 0.717) is 17.0 Å². The summed E-state index contributed by atoms with van der Waals surface area (Å²) >= 11 is 0. The van der Waals surface area contributed by atoms with Crippen molar-refractivity contribution in [3.05, 3.63) is 58.1 Å². The number of benzene rings is 2. The number of nitro groups is 1. The summed E-state index contributed by atoms with van der Waals surface area (Å²) in [6, 6.07) is 9.91. The maximum atomic E-state index is 12.8. The first-order chi connectivity index (χ1) is 11.4. The van der Waals surface area contributed by atoms with Crippen molar-refractivity contribution < 1.29 is 18.1 Å². The fraction of sp³-hybridized carbons (Fsp3) is 0.200. The van der Waals surface area contributed by atoms with E-state index in [1.807, 2.05) is 0 Å². The quantitative estimate of drug-likeness (QED) is 0.513. The lowest BCUT2D eigenvalue weighted by Crippen LogP contribution is -2.32. The van der Waals surface area contributed by atoms with E-state index in [2.05, 4.69) is 0 Å². The molecule has 0 saturated carbocycles. The van der Waals surface area contributed by atoms with Gasteiger partial charge in [0, 0.05) is 36.5 Å². The molecule has 0 unspecified atom stereocenters. The monoisotopic (exact) mass is 349 g/mol. The maximum absolute atomic E-state index is 12.8. The van der Waals surface area contributed by atoms with Gasteiger partial charge in [-0.25, -0.2) is 8.42 Å². The number of nitro benzene ring substituents is 1. The Balaban J connectivity index is 1.93. The zero-order chi connectivity index (χ0) is 17.3. The molecule has 0 fully saturated rings. The molecule has 0 aliphatic carbocycles. The van der Waals surface area contributed by atoms with Gasteiger partial charge >= 0.3 is 0 Å². The Morgan fingerprint density at radius 3 is 2.54 bits per heavy atom. The fourth-order valence-corrected chi connectivity index (χ4v) is 3.89. The van der Waals surface area contributed by atoms with Crippen molar-refractivity contribution in [1.29, 1.82) is 0 Å². The van der Waals surface area contributed by atoms with Crippen LogP contribution in [0.15, 0.2) is 47.4 Å². The van der Waals surface area contributed by atoms with Crippen LogP contribution in [-0.4, -0.2) is 30.8 Å². The van der Waals surface area contributed by atoms with Gasteiger partial charge in [-0.15, -0.1) is 0 Å². The third-order valence-electron chi connectivity index (χ3n) is 3.71. The molecule has 2 aromatic carbocycles. The van der Waals surface area contributed by atoms with Gasteiger partial charge in [0.1, 0.15) is 12.4 Å². The van der Waals surface area contributed by atoms with Gasteiger partial charge in [-0.1, -0.05) is 0 Å². The average Bonchev–Trinajstić information content (AvgIpc) is 2.77. The zero-order valence-corrected chi connectivity index (χ0v) is 13.4. The van der Waals surface area contributed by atoms with Gasteiger partial charge in [-0.05, 0) is 30.3 Å². The Labute approximate surface area is 138 Å². The van der Waals surface area contributed by atoms with Crippen LogP contribution in [0.3, 0.4) is 0 Å². The van der Waals surface area contributed by atoms with Crippen molar-refractivity contribution in [3.63, 3.8) is 0 Å². The number of sulfonamides is 1. The third kappa shape index (κ3) is 3.03. The second kappa shape index (κ2) is 6.10. The molecule has 2 aromatic rings. The van der Waals surface area contributed by atoms with E-state index in [-0.39, 0.29) is 30.3 Å². The van der Waals surface area contributed by atoms with Gasteiger partial charge in [-0.3, -0.25) is 10.1 Å². The summed E-state index contributed by atoms with van der Waals surface area (Å²) in [4.78, 5) is 10.1. The van der Waals surface area contributed by atoms with Crippen molar-refractivity contribution in [2.75, 3.05) is 18.9 Å². The number of ether oxygens (including phenoxy) is 1. The van der Waals surface area contributed by atoms with Crippen molar-refractivity contribution in [1.82, 2.24) is 4.31 Å². The number of nitrogens with two attached hydrogens (primary N) is 1. The molecule has 1 heterocycles. The maximum Gasteiger partial charge on any atom is 0.269 e. The molecule has 0 spiro atoms. The number of hydrogen-bond acceptors (Lipinski definition) is 6. The van der Waals surface area contributed by atoms with Crippen LogP contribution < -0.4 is 10.5 Å². The SMILES string of the molecule is Nc1ccc2c(c1)CN(S(=O)(=O)c1ccc([N+](=O)[O-])cc1)CCO2. The number of non-ortho nitro benzene ring substituents is 1. The second-order valence-electron chi connectivity index (χ2n) is 5.31. The molecule has 9 heteroatoms. The molecule has 0 amide bonds. The van der Waals surface area contributed by atoms with Crippen molar-refractivity contribution >= 4 is 21.4 Å². The van der Waals surface area contributed by atoms with Crippen LogP contribution in [-0.2, 0) is 16.6 Å². The van der Waals surface area contributed by atoms with Gasteiger partial charge < -0.3 is 10.5 Å². The smallest absolute Gasteiger partial charge is 0.269 e. The van der Waals surface area contributed by atoms with E-state index in [0.717, 1.165) is 0 Å². The van der Waals surface area contributed by atoms with Gasteiger partial charge in [0.2, 0.25) is 10.0 Å². The summed E-state index contributed by atoms with van der Waals surface area (Å²) in [7, 11) is -3.79. The molecule has 126 valence electrons. The summed E-state index contributed by atoms with van der Waals surface area (Å²) in [5.41, 5.74) is 6.79. The first-order valence-corrected chi connectivity index (χ1v) is 8.58. The Morgan fingerprint density at radius 1 is 1.17 bits per heavy atom. The van der Waals surface area contributed by atoms with E-state index in [4.69, 9.17) is 10.5 Å². The van der Waals surface area contributed by atoms with Crippen LogP contribution in [0.25, 0.3) is 0 Å². The van der Waals surface area contributed by atoms with Crippen molar-refractivity contribution in [2.24, 2.45) is 0 Å². The molecule has 24 heavy (non-hydrogen) atoms. The molecular weight excluding hydrogens is 334 g/mol. The normalized spacial score (nSPS) is 15.2. The summed E-state index contributed by atoms with van der Waals surface area (Å²) in [5.74, 6) is 0.602. The van der Waals surface area contributed by atoms with Crippen LogP contribution in [0.1, 0.15) is 5.56 Å². The Hall–Kier alpha value is -2.65. The first kappa shape index (κ1) is 16.2. The zero-order valence-electron chi connectivity index (χ0n) is 12.6. The summed E-state index contributed by atoms with van der Waals surface area (Å²) in [6.45, 7) is 0.511. The highest BCUT2D eigenvalue weighted by molar-refractivity contribution is 7.89. The van der Waals surface area contributed by atoms with Crippen LogP contribution >= 0.6 is 0 Å². The Kier molecular flexibility index (Phi) is 4.12. The Morgan fingerprint density at radius 2 is 1.88 bits per heavy atom. The lowest BCUT2D eigenvalue weighted by atomic mass is 10.2. The lowest BCUT2D eigenvalue weighted by molar-refractivity contribution is -0.384. The van der Waals surface area contributed by atoms with E-state index < -0.39 is 14.9 Å². The predicted octanol–water partition coefficient (Wildman–Crippen LogP) is 1.76. The highest BCUT2D eigenvalue weighted by Gasteiger charge is 2.28. The highest BCUT2D eigenvalue weighted by Crippen LogP contribution is 2.28. The Bertz CT molecular complexity index is 880. The molecule has 0 saturated heterocycles. The summed E-state index contributed by atoms with van der Waals surface area (Å²) < 4.78 is 32.4. The number of hydrogen-bond donors (Lipinski definition) is 1. The summed E-state index contributed by atoms with van der Waals surface area (Å²) in [6.07, 6.45) is 0. The minimum atomic E-state index is -3.79. The molecule has 1 aliphatic heterocycles. The second-order valence-corrected chi connectivity index (χ2v) is 7.24. The molecule has 0 aromatic heterocycles. The van der Waals surface area contributed by atoms with E-state index in [1.165, 1.54) is 28.6 Å². The average molecular weight is 349 g/mol. The van der Waals surface area contributed by atoms with Gasteiger partial charge in [0.25, 0.3) is 5.69 Å². The lowest BCUT2D eigenvalue weighted by Gasteiger charge is -2.19. The van der Waals surface area contributed by atoms with Crippen LogP contribution in [0.4, 0.5) is 11.4 Å². The largest absolute Gasteiger partial charge is 0.492 e. The molecule has 8 nitrogen and oxygen atoms in total. The first-order valence-electron chi connectivity index (χ1n) is 7.14. The number of nitrogen functional groups attached to an aromatic ring is 1. The van der Waals surface area contributed by atoms with Crippen LogP contribution in [0, 0.1) is 10.1 Å². The molecule has 0 atom stereocenters. The third-order valence-corrected chi connectivity index (χ3v) is 5.57. The highest BCUT2D eigenvalue weighted by atomic mass is 32.2. The summed E-state index contributed by atoms with van der Waals surface area (Å²) in [5, 5.41) is 10.7. The minimum absolute atomic E-state index is 0.000420. The molecule has 2 N–H and O–H groups in total. The number of nitrogens with zero attached hydrogens (tertiary/aromatic N) is 2. The molecule has 3 rings (SSSR count). The van der Waals surface area contributed by atoms with Gasteiger partial charge in [0.15, 0.2) is 0 Å². The molecule has 1 aliphatic rings. The fourth-order valence-electron chi connectivity index (χ4n) is 2.48.